The number of carbonyl (C=O) groups is 1. The Balaban J connectivity index is 3.15. The van der Waals surface area contributed by atoms with Crippen LogP contribution in [0.2, 0.25) is 0 Å². The second-order valence-electron chi connectivity index (χ2n) is 4.90. The van der Waals surface area contributed by atoms with Gasteiger partial charge in [0.1, 0.15) is 6.54 Å². The number of nitrogens with zero attached hydrogens (tertiary/aromatic N) is 2. The van der Waals surface area contributed by atoms with Gasteiger partial charge in [-0.15, -0.1) is 0 Å². The maximum Gasteiger partial charge on any atom is 0.323 e. The van der Waals surface area contributed by atoms with Crippen LogP contribution in [0.3, 0.4) is 0 Å². The lowest BCUT2D eigenvalue weighted by Crippen LogP contribution is -2.33. The molecule has 0 bridgehead atoms. The highest BCUT2D eigenvalue weighted by molar-refractivity contribution is 5.75. The second-order valence-corrected chi connectivity index (χ2v) is 4.90. The highest BCUT2D eigenvalue weighted by Gasteiger charge is 2.17. The monoisotopic (exact) mass is 266 g/mol. The lowest BCUT2D eigenvalue weighted by Gasteiger charge is -2.26. The minimum atomic E-state index is -0.952. The van der Waals surface area contributed by atoms with Gasteiger partial charge in [-0.05, 0) is 18.4 Å². The van der Waals surface area contributed by atoms with Crippen molar-refractivity contribution in [1.29, 1.82) is 0 Å². The van der Waals surface area contributed by atoms with E-state index in [1.165, 1.54) is 12.1 Å². The van der Waals surface area contributed by atoms with E-state index < -0.39 is 10.9 Å². The van der Waals surface area contributed by atoms with Gasteiger partial charge in [0.25, 0.3) is 5.69 Å². The largest absolute Gasteiger partial charge is 0.480 e. The average Bonchev–Trinajstić information content (AvgIpc) is 2.27. The predicted molar refractivity (Wildman–Crippen MR) is 72.5 cm³/mol. The first-order chi connectivity index (χ1) is 8.81. The van der Waals surface area contributed by atoms with Crippen molar-refractivity contribution in [3.63, 3.8) is 0 Å². The Hall–Kier alpha value is -2.11. The van der Waals surface area contributed by atoms with Crippen LogP contribution in [0, 0.1) is 23.0 Å². The number of rotatable bonds is 6. The fourth-order valence-electron chi connectivity index (χ4n) is 1.90. The lowest BCUT2D eigenvalue weighted by molar-refractivity contribution is -0.384. The summed E-state index contributed by atoms with van der Waals surface area (Å²) in [7, 11) is 0. The van der Waals surface area contributed by atoms with Gasteiger partial charge in [0.05, 0.1) is 4.92 Å². The molecular weight excluding hydrogens is 248 g/mol. The average molecular weight is 266 g/mol. The number of hydrogen-bond donors (Lipinski definition) is 1. The summed E-state index contributed by atoms with van der Waals surface area (Å²) in [5.41, 5.74) is 1.40. The van der Waals surface area contributed by atoms with Gasteiger partial charge in [-0.2, -0.15) is 0 Å². The Morgan fingerprint density at radius 3 is 2.58 bits per heavy atom. The van der Waals surface area contributed by atoms with Gasteiger partial charge in [0.2, 0.25) is 0 Å². The molecule has 0 radical (unpaired) electrons. The first kappa shape index (κ1) is 14.9. The van der Waals surface area contributed by atoms with Crippen molar-refractivity contribution in [1.82, 2.24) is 0 Å². The van der Waals surface area contributed by atoms with E-state index in [0.29, 0.717) is 12.2 Å². The van der Waals surface area contributed by atoms with Crippen molar-refractivity contribution in [3.05, 3.63) is 33.9 Å². The number of nitro groups is 1. The summed E-state index contributed by atoms with van der Waals surface area (Å²) in [6.45, 7) is 6.13. The van der Waals surface area contributed by atoms with E-state index in [2.05, 4.69) is 0 Å². The van der Waals surface area contributed by atoms with Crippen LogP contribution in [0.5, 0.6) is 0 Å². The van der Waals surface area contributed by atoms with Crippen molar-refractivity contribution in [2.45, 2.75) is 20.8 Å². The zero-order chi connectivity index (χ0) is 14.6. The molecule has 0 aliphatic carbocycles. The first-order valence-corrected chi connectivity index (χ1v) is 6.03. The molecule has 1 rings (SSSR count). The summed E-state index contributed by atoms with van der Waals surface area (Å²) in [6, 6.07) is 4.50. The number of nitro benzene ring substituents is 1. The van der Waals surface area contributed by atoms with Crippen LogP contribution in [0.1, 0.15) is 19.4 Å². The van der Waals surface area contributed by atoms with E-state index >= 15 is 0 Å². The minimum absolute atomic E-state index is 0.0280. The van der Waals surface area contributed by atoms with Crippen molar-refractivity contribution in [3.8, 4) is 0 Å². The molecule has 104 valence electrons. The van der Waals surface area contributed by atoms with Crippen molar-refractivity contribution >= 4 is 17.3 Å². The highest BCUT2D eigenvalue weighted by Crippen LogP contribution is 2.26. The van der Waals surface area contributed by atoms with Gasteiger partial charge in [-0.1, -0.05) is 19.9 Å². The molecule has 0 aromatic heterocycles. The van der Waals surface area contributed by atoms with Gasteiger partial charge in [-0.3, -0.25) is 14.9 Å². The summed E-state index contributed by atoms with van der Waals surface area (Å²) < 4.78 is 0. The van der Waals surface area contributed by atoms with E-state index in [1.54, 1.807) is 11.0 Å². The molecule has 0 atom stereocenters. The molecule has 1 N–H and O–H groups in total. The molecule has 0 heterocycles. The van der Waals surface area contributed by atoms with Gasteiger partial charge in [0.15, 0.2) is 0 Å². The summed E-state index contributed by atoms with van der Waals surface area (Å²) in [6.07, 6.45) is 0. The van der Waals surface area contributed by atoms with Crippen LogP contribution in [-0.2, 0) is 4.79 Å². The smallest absolute Gasteiger partial charge is 0.323 e. The highest BCUT2D eigenvalue weighted by atomic mass is 16.6. The molecule has 1 aromatic carbocycles. The summed E-state index contributed by atoms with van der Waals surface area (Å²) in [5, 5.41) is 19.8. The molecule has 6 heteroatoms. The molecule has 0 unspecified atom stereocenters. The summed E-state index contributed by atoms with van der Waals surface area (Å²) in [4.78, 5) is 22.9. The Bertz CT molecular complexity index is 486. The lowest BCUT2D eigenvalue weighted by atomic mass is 10.1. The Labute approximate surface area is 111 Å². The van der Waals surface area contributed by atoms with E-state index in [4.69, 9.17) is 5.11 Å². The van der Waals surface area contributed by atoms with E-state index in [-0.39, 0.29) is 18.2 Å². The third-order valence-electron chi connectivity index (χ3n) is 2.66. The van der Waals surface area contributed by atoms with Crippen LogP contribution < -0.4 is 4.90 Å². The molecular formula is C13H18N2O4. The van der Waals surface area contributed by atoms with Gasteiger partial charge >= 0.3 is 5.97 Å². The van der Waals surface area contributed by atoms with E-state index in [0.717, 1.165) is 5.56 Å². The Morgan fingerprint density at radius 1 is 1.47 bits per heavy atom. The zero-order valence-corrected chi connectivity index (χ0v) is 11.3. The number of non-ortho nitro benzene ring substituents is 1. The number of benzene rings is 1. The summed E-state index contributed by atoms with van der Waals surface area (Å²) in [5.74, 6) is -0.690. The van der Waals surface area contributed by atoms with Gasteiger partial charge < -0.3 is 10.0 Å². The van der Waals surface area contributed by atoms with Gasteiger partial charge in [-0.25, -0.2) is 0 Å². The molecule has 0 amide bonds. The third-order valence-corrected chi connectivity index (χ3v) is 2.66. The fraction of sp³-hybridized carbons (Fsp3) is 0.462. The van der Waals surface area contributed by atoms with Crippen molar-refractivity contribution in [2.75, 3.05) is 18.0 Å². The first-order valence-electron chi connectivity index (χ1n) is 6.03. The molecule has 19 heavy (non-hydrogen) atoms. The Morgan fingerprint density at radius 2 is 2.11 bits per heavy atom. The van der Waals surface area contributed by atoms with Crippen LogP contribution in [0.25, 0.3) is 0 Å². The molecule has 0 aliphatic rings. The quantitative estimate of drug-likeness (QED) is 0.631. The van der Waals surface area contributed by atoms with Gasteiger partial charge in [0, 0.05) is 24.4 Å². The van der Waals surface area contributed by atoms with E-state index in [1.807, 2.05) is 20.8 Å². The number of aliphatic carboxylic acids is 1. The maximum absolute atomic E-state index is 10.9. The number of aryl methyl sites for hydroxylation is 1. The molecule has 0 fully saturated rings. The number of hydrogen-bond acceptors (Lipinski definition) is 4. The zero-order valence-electron chi connectivity index (χ0n) is 11.3. The molecule has 0 aliphatic heterocycles. The van der Waals surface area contributed by atoms with E-state index in [9.17, 15) is 14.9 Å². The normalized spacial score (nSPS) is 10.5. The van der Waals surface area contributed by atoms with Crippen LogP contribution in [-0.4, -0.2) is 29.1 Å². The standard InChI is InChI=1S/C13H18N2O4/c1-9(2)7-14(8-13(16)17)12-6-11(15(18)19)5-4-10(12)3/h4-6,9H,7-8H2,1-3H3,(H,16,17). The van der Waals surface area contributed by atoms with Crippen LogP contribution in [0.4, 0.5) is 11.4 Å². The molecule has 0 saturated carbocycles. The number of carboxylic acids is 1. The number of carboxylic acid groups (broad SMARTS) is 1. The van der Waals surface area contributed by atoms with Crippen molar-refractivity contribution < 1.29 is 14.8 Å². The van der Waals surface area contributed by atoms with Crippen LogP contribution >= 0.6 is 0 Å². The van der Waals surface area contributed by atoms with Crippen molar-refractivity contribution in [2.24, 2.45) is 5.92 Å². The maximum atomic E-state index is 10.9. The predicted octanol–water partition coefficient (Wildman–Crippen LogP) is 2.45. The molecule has 1 aromatic rings. The number of anilines is 1. The van der Waals surface area contributed by atoms with Crippen LogP contribution in [0.15, 0.2) is 18.2 Å². The second kappa shape index (κ2) is 6.17. The topological polar surface area (TPSA) is 83.7 Å². The fourth-order valence-corrected chi connectivity index (χ4v) is 1.90. The molecule has 0 spiro atoms. The minimum Gasteiger partial charge on any atom is -0.480 e. The summed E-state index contributed by atoms with van der Waals surface area (Å²) >= 11 is 0. The molecule has 6 nitrogen and oxygen atoms in total. The molecule has 0 saturated heterocycles. The SMILES string of the molecule is Cc1ccc([N+](=O)[O-])cc1N(CC(=O)O)CC(C)C. The third kappa shape index (κ3) is 4.24. The Kier molecular flexibility index (Phi) is 4.86.